The van der Waals surface area contributed by atoms with Gasteiger partial charge in [-0.15, -0.1) is 0 Å². The Morgan fingerprint density at radius 2 is 1.72 bits per heavy atom. The van der Waals surface area contributed by atoms with Crippen LogP contribution in [0.25, 0.3) is 0 Å². The summed E-state index contributed by atoms with van der Waals surface area (Å²) in [6.45, 7) is 3.80. The van der Waals surface area contributed by atoms with Gasteiger partial charge in [0.05, 0.1) is 0 Å². The smallest absolute Gasteiger partial charge is 0.310 e. The Labute approximate surface area is 111 Å². The predicted molar refractivity (Wildman–Crippen MR) is 74.6 cm³/mol. The van der Waals surface area contributed by atoms with Crippen molar-refractivity contribution in [3.8, 4) is 0 Å². The van der Waals surface area contributed by atoms with E-state index in [1.165, 1.54) is 43.4 Å². The summed E-state index contributed by atoms with van der Waals surface area (Å²) in [5.74, 6) is -0.345. The van der Waals surface area contributed by atoms with E-state index in [0.717, 1.165) is 0 Å². The minimum absolute atomic E-state index is 0.0566. The van der Waals surface area contributed by atoms with Crippen LogP contribution in [0.5, 0.6) is 0 Å². The molecule has 1 aliphatic carbocycles. The van der Waals surface area contributed by atoms with E-state index < -0.39 is 11.8 Å². The van der Waals surface area contributed by atoms with Crippen molar-refractivity contribution in [2.45, 2.75) is 64.2 Å². The fraction of sp³-hybridized carbons (Fsp3) is 0.846. The largest absolute Gasteiger partial charge is 0.394 e. The van der Waals surface area contributed by atoms with Crippen LogP contribution in [0.1, 0.15) is 52.4 Å². The molecular formula is C13H25BN2O2. The van der Waals surface area contributed by atoms with Crippen LogP contribution >= 0.6 is 0 Å². The van der Waals surface area contributed by atoms with E-state index in [-0.39, 0.29) is 6.04 Å². The number of hydrogen-bond acceptors (Lipinski definition) is 2. The summed E-state index contributed by atoms with van der Waals surface area (Å²) < 4.78 is 0. The number of nitrogens with one attached hydrogen (secondary N) is 1. The van der Waals surface area contributed by atoms with Crippen molar-refractivity contribution in [3.05, 3.63) is 0 Å². The standard InChI is InChI=1S/C13H25BN2O2/c1-10(2)16(3)13(18)12(17)15-14-11-8-6-4-5-7-9-11/h10-11,14H,4-9H2,1-3H3,(H,15,17). The number of hydrogen-bond donors (Lipinski definition) is 1. The topological polar surface area (TPSA) is 49.4 Å². The number of nitrogens with zero attached hydrogens (tertiary/aromatic N) is 1. The van der Waals surface area contributed by atoms with Gasteiger partial charge in [0.1, 0.15) is 0 Å². The molecule has 1 fully saturated rings. The van der Waals surface area contributed by atoms with Crippen molar-refractivity contribution in [3.63, 3.8) is 0 Å². The summed E-state index contributed by atoms with van der Waals surface area (Å²) in [4.78, 5) is 24.9. The van der Waals surface area contributed by atoms with Crippen molar-refractivity contribution < 1.29 is 9.59 Å². The molecule has 0 heterocycles. The lowest BCUT2D eigenvalue weighted by Gasteiger charge is -2.21. The van der Waals surface area contributed by atoms with E-state index in [0.29, 0.717) is 13.2 Å². The zero-order valence-corrected chi connectivity index (χ0v) is 11.9. The second kappa shape index (κ2) is 7.44. The molecule has 102 valence electrons. The molecule has 4 nitrogen and oxygen atoms in total. The quantitative estimate of drug-likeness (QED) is 0.469. The molecule has 1 saturated carbocycles. The molecule has 18 heavy (non-hydrogen) atoms. The highest BCUT2D eigenvalue weighted by Gasteiger charge is 2.22. The van der Waals surface area contributed by atoms with E-state index in [4.69, 9.17) is 0 Å². The Kier molecular flexibility index (Phi) is 6.23. The first-order chi connectivity index (χ1) is 8.52. The third-order valence-electron chi connectivity index (χ3n) is 3.82. The third kappa shape index (κ3) is 4.71. The normalized spacial score (nSPS) is 17.1. The maximum atomic E-state index is 11.7. The Morgan fingerprint density at radius 1 is 1.17 bits per heavy atom. The van der Waals surface area contributed by atoms with E-state index in [9.17, 15) is 9.59 Å². The van der Waals surface area contributed by atoms with Gasteiger partial charge in [0, 0.05) is 13.1 Å². The van der Waals surface area contributed by atoms with Crippen LogP contribution in [0.4, 0.5) is 0 Å². The Bertz CT molecular complexity index is 287. The molecule has 1 N–H and O–H groups in total. The van der Waals surface area contributed by atoms with Crippen molar-refractivity contribution >= 4 is 19.2 Å². The van der Waals surface area contributed by atoms with Gasteiger partial charge in [-0.1, -0.05) is 38.5 Å². The highest BCUT2D eigenvalue weighted by Crippen LogP contribution is 2.25. The molecule has 0 bridgehead atoms. The molecule has 1 rings (SSSR count). The van der Waals surface area contributed by atoms with Crippen LogP contribution in [0.2, 0.25) is 5.82 Å². The average Bonchev–Trinajstić information content (AvgIpc) is 2.62. The molecule has 0 unspecified atom stereocenters. The van der Waals surface area contributed by atoms with Crippen LogP contribution in [-0.2, 0) is 9.59 Å². The van der Waals surface area contributed by atoms with Gasteiger partial charge >= 0.3 is 5.91 Å². The third-order valence-corrected chi connectivity index (χ3v) is 3.82. The van der Waals surface area contributed by atoms with Crippen molar-refractivity contribution in [2.24, 2.45) is 0 Å². The molecule has 0 aromatic rings. The van der Waals surface area contributed by atoms with Gasteiger partial charge in [-0.3, -0.25) is 9.59 Å². The zero-order valence-electron chi connectivity index (χ0n) is 11.9. The fourth-order valence-electron chi connectivity index (χ4n) is 2.28. The summed E-state index contributed by atoms with van der Waals surface area (Å²) in [5.41, 5.74) is 0. The molecule has 2 amide bonds. The predicted octanol–water partition coefficient (Wildman–Crippen LogP) is 1.46. The Hall–Kier alpha value is -0.995. The minimum atomic E-state index is -0.463. The Morgan fingerprint density at radius 3 is 2.22 bits per heavy atom. The number of likely N-dealkylation sites (N-methyl/N-ethyl adjacent to an activating group) is 1. The summed E-state index contributed by atoms with van der Waals surface area (Å²) in [5, 5.41) is 2.79. The lowest BCUT2D eigenvalue weighted by atomic mass is 9.71. The second-order valence-electron chi connectivity index (χ2n) is 5.58. The fourth-order valence-corrected chi connectivity index (χ4v) is 2.28. The molecular weight excluding hydrogens is 227 g/mol. The molecule has 0 aromatic heterocycles. The second-order valence-corrected chi connectivity index (χ2v) is 5.58. The number of amides is 2. The molecule has 0 atom stereocenters. The van der Waals surface area contributed by atoms with Gasteiger partial charge < -0.3 is 10.1 Å². The van der Waals surface area contributed by atoms with Gasteiger partial charge in [0.25, 0.3) is 5.91 Å². The van der Waals surface area contributed by atoms with E-state index >= 15 is 0 Å². The first-order valence-electron chi connectivity index (χ1n) is 7.07. The first kappa shape index (κ1) is 15.1. The molecule has 0 aliphatic heterocycles. The van der Waals surface area contributed by atoms with Gasteiger partial charge in [-0.2, -0.15) is 0 Å². The maximum absolute atomic E-state index is 11.7. The lowest BCUT2D eigenvalue weighted by molar-refractivity contribution is -0.145. The van der Waals surface area contributed by atoms with Crippen LogP contribution in [-0.4, -0.2) is 37.2 Å². The van der Waals surface area contributed by atoms with Crippen LogP contribution in [0.15, 0.2) is 0 Å². The summed E-state index contributed by atoms with van der Waals surface area (Å²) >= 11 is 0. The molecule has 0 saturated heterocycles. The Balaban J connectivity index is 2.33. The number of rotatable bonds is 3. The lowest BCUT2D eigenvalue weighted by Crippen LogP contribution is -2.45. The molecule has 5 heteroatoms. The van der Waals surface area contributed by atoms with Gasteiger partial charge in [-0.25, -0.2) is 0 Å². The average molecular weight is 252 g/mol. The summed E-state index contributed by atoms with van der Waals surface area (Å²) in [6.07, 6.45) is 7.46. The van der Waals surface area contributed by atoms with Gasteiger partial charge in [0.2, 0.25) is 7.41 Å². The van der Waals surface area contributed by atoms with E-state index in [1.54, 1.807) is 7.05 Å². The van der Waals surface area contributed by atoms with Crippen LogP contribution in [0.3, 0.4) is 0 Å². The molecule has 0 aromatic carbocycles. The van der Waals surface area contributed by atoms with Gasteiger partial charge in [0.15, 0.2) is 0 Å². The molecule has 0 spiro atoms. The van der Waals surface area contributed by atoms with Crippen molar-refractivity contribution in [1.82, 2.24) is 10.1 Å². The monoisotopic (exact) mass is 252 g/mol. The van der Waals surface area contributed by atoms with E-state index in [1.807, 2.05) is 13.8 Å². The van der Waals surface area contributed by atoms with Crippen molar-refractivity contribution in [1.29, 1.82) is 0 Å². The molecule has 1 aliphatic rings. The number of carbonyl (C=O) groups excluding carboxylic acids is 2. The maximum Gasteiger partial charge on any atom is 0.310 e. The van der Waals surface area contributed by atoms with E-state index in [2.05, 4.69) is 5.23 Å². The zero-order chi connectivity index (χ0) is 13.5. The minimum Gasteiger partial charge on any atom is -0.394 e. The van der Waals surface area contributed by atoms with Gasteiger partial charge in [-0.05, 0) is 19.7 Å². The highest BCUT2D eigenvalue weighted by atomic mass is 16.2. The summed E-state index contributed by atoms with van der Waals surface area (Å²) in [6, 6.07) is 0.0566. The SMILES string of the molecule is CC(C)N(C)C(=O)C(=O)NBC1CCCCCC1. The first-order valence-corrected chi connectivity index (χ1v) is 7.07. The molecule has 0 radical (unpaired) electrons. The summed E-state index contributed by atoms with van der Waals surface area (Å²) in [7, 11) is 2.31. The number of carbonyl (C=O) groups is 2. The van der Waals surface area contributed by atoms with Crippen LogP contribution in [0, 0.1) is 0 Å². The highest BCUT2D eigenvalue weighted by molar-refractivity contribution is 6.48. The van der Waals surface area contributed by atoms with Crippen molar-refractivity contribution in [2.75, 3.05) is 7.05 Å². The van der Waals surface area contributed by atoms with Crippen LogP contribution < -0.4 is 5.23 Å².